The average molecular weight is 362 g/mol. The van der Waals surface area contributed by atoms with E-state index >= 15 is 0 Å². The van der Waals surface area contributed by atoms with Crippen LogP contribution in [0.15, 0.2) is 33.9 Å². The number of hydrogen-bond acceptors (Lipinski definition) is 6. The quantitative estimate of drug-likeness (QED) is 0.628. The van der Waals surface area contributed by atoms with Crippen LogP contribution in [0.3, 0.4) is 0 Å². The molecule has 7 heteroatoms. The van der Waals surface area contributed by atoms with E-state index in [2.05, 4.69) is 17.2 Å². The van der Waals surface area contributed by atoms with Crippen molar-refractivity contribution in [2.24, 2.45) is 5.92 Å². The SMILES string of the molecule is C[C@@H]1CCCC[C@H]1NC(=O)COC(=O)CSc1nc2ccccc2o1. The summed E-state index contributed by atoms with van der Waals surface area (Å²) in [7, 11) is 0. The van der Waals surface area contributed by atoms with Gasteiger partial charge < -0.3 is 14.5 Å². The van der Waals surface area contributed by atoms with Gasteiger partial charge in [-0.25, -0.2) is 4.98 Å². The lowest BCUT2D eigenvalue weighted by atomic mass is 9.86. The van der Waals surface area contributed by atoms with Gasteiger partial charge in [0.1, 0.15) is 11.3 Å². The van der Waals surface area contributed by atoms with Crippen molar-refractivity contribution in [2.75, 3.05) is 12.4 Å². The number of nitrogens with zero attached hydrogens (tertiary/aromatic N) is 1. The van der Waals surface area contributed by atoms with Gasteiger partial charge in [-0.1, -0.05) is 43.7 Å². The summed E-state index contributed by atoms with van der Waals surface area (Å²) in [6, 6.07) is 7.59. The molecule has 1 fully saturated rings. The van der Waals surface area contributed by atoms with Gasteiger partial charge in [-0.15, -0.1) is 0 Å². The smallest absolute Gasteiger partial charge is 0.316 e. The first-order chi connectivity index (χ1) is 12.1. The Bertz CT molecular complexity index is 713. The Kier molecular flexibility index (Phi) is 5.96. The minimum absolute atomic E-state index is 0.0555. The van der Waals surface area contributed by atoms with Gasteiger partial charge in [-0.2, -0.15) is 0 Å². The molecular formula is C18H22N2O4S. The standard InChI is InChI=1S/C18H22N2O4S/c1-12-6-2-3-7-13(12)19-16(21)10-23-17(22)11-25-18-20-14-8-4-5-9-15(14)24-18/h4-5,8-9,12-13H,2-3,6-7,10-11H2,1H3,(H,19,21)/t12-,13-/m1/s1. The lowest BCUT2D eigenvalue weighted by Crippen LogP contribution is -2.43. The number of amides is 1. The second-order valence-corrected chi connectivity index (χ2v) is 7.26. The molecule has 6 nitrogen and oxygen atoms in total. The van der Waals surface area contributed by atoms with E-state index in [0.29, 0.717) is 16.7 Å². The third-order valence-electron chi connectivity index (χ3n) is 4.41. The first-order valence-corrected chi connectivity index (χ1v) is 9.54. The fourth-order valence-corrected chi connectivity index (χ4v) is 3.64. The van der Waals surface area contributed by atoms with Crippen LogP contribution in [0.2, 0.25) is 0 Å². The van der Waals surface area contributed by atoms with Crippen LogP contribution in [-0.4, -0.2) is 35.3 Å². The minimum Gasteiger partial charge on any atom is -0.455 e. The number of fused-ring (bicyclic) bond motifs is 1. The third-order valence-corrected chi connectivity index (χ3v) is 5.21. The van der Waals surface area contributed by atoms with Crippen molar-refractivity contribution in [3.8, 4) is 0 Å². The molecule has 0 spiro atoms. The minimum atomic E-state index is -0.459. The second-order valence-electron chi connectivity index (χ2n) is 6.33. The lowest BCUT2D eigenvalue weighted by molar-refractivity contribution is -0.146. The van der Waals surface area contributed by atoms with Gasteiger partial charge in [0.05, 0.1) is 0 Å². The van der Waals surface area contributed by atoms with E-state index in [-0.39, 0.29) is 24.3 Å². The maximum atomic E-state index is 11.9. The first-order valence-electron chi connectivity index (χ1n) is 8.55. The van der Waals surface area contributed by atoms with Crippen molar-refractivity contribution in [2.45, 2.75) is 43.9 Å². The van der Waals surface area contributed by atoms with Crippen molar-refractivity contribution < 1.29 is 18.7 Å². The zero-order chi connectivity index (χ0) is 17.6. The van der Waals surface area contributed by atoms with Gasteiger partial charge in [-0.05, 0) is 30.9 Å². The highest BCUT2D eigenvalue weighted by atomic mass is 32.2. The van der Waals surface area contributed by atoms with Crippen LogP contribution in [0, 0.1) is 5.92 Å². The van der Waals surface area contributed by atoms with Crippen LogP contribution in [-0.2, 0) is 14.3 Å². The molecule has 0 bridgehead atoms. The molecule has 0 aliphatic heterocycles. The predicted octanol–water partition coefficient (Wildman–Crippen LogP) is 3.16. The highest BCUT2D eigenvalue weighted by Gasteiger charge is 2.23. The topological polar surface area (TPSA) is 81.4 Å². The van der Waals surface area contributed by atoms with Crippen molar-refractivity contribution >= 4 is 34.7 Å². The molecule has 0 saturated heterocycles. The monoisotopic (exact) mass is 362 g/mol. The van der Waals surface area contributed by atoms with Gasteiger partial charge in [0.15, 0.2) is 12.2 Å². The summed E-state index contributed by atoms with van der Waals surface area (Å²) in [6.45, 7) is 1.91. The largest absolute Gasteiger partial charge is 0.455 e. The Morgan fingerprint density at radius 1 is 1.32 bits per heavy atom. The number of thioether (sulfide) groups is 1. The number of ether oxygens (including phenoxy) is 1. The molecule has 2 aromatic rings. The van der Waals surface area contributed by atoms with Crippen LogP contribution in [0.4, 0.5) is 0 Å². The second kappa shape index (κ2) is 8.38. The molecule has 0 unspecified atom stereocenters. The average Bonchev–Trinajstić information content (AvgIpc) is 3.03. The molecule has 1 N–H and O–H groups in total. The molecule has 0 radical (unpaired) electrons. The summed E-state index contributed by atoms with van der Waals surface area (Å²) < 4.78 is 10.6. The summed E-state index contributed by atoms with van der Waals surface area (Å²) in [6.07, 6.45) is 4.48. The number of benzene rings is 1. The molecule has 3 rings (SSSR count). The molecule has 1 saturated carbocycles. The highest BCUT2D eigenvalue weighted by molar-refractivity contribution is 7.99. The molecule has 1 amide bonds. The molecule has 134 valence electrons. The van der Waals surface area contributed by atoms with E-state index < -0.39 is 5.97 Å². The van der Waals surface area contributed by atoms with Crippen molar-refractivity contribution in [3.05, 3.63) is 24.3 Å². The number of hydrogen-bond donors (Lipinski definition) is 1. The van der Waals surface area contributed by atoms with Gasteiger partial charge in [0.25, 0.3) is 11.1 Å². The molecule has 2 atom stereocenters. The van der Waals surface area contributed by atoms with Crippen LogP contribution in [0.25, 0.3) is 11.1 Å². The van der Waals surface area contributed by atoms with E-state index in [4.69, 9.17) is 9.15 Å². The summed E-state index contributed by atoms with van der Waals surface area (Å²) in [5.74, 6) is -0.166. The van der Waals surface area contributed by atoms with E-state index in [9.17, 15) is 9.59 Å². The number of esters is 1. The number of aromatic nitrogens is 1. The number of oxazole rings is 1. The zero-order valence-electron chi connectivity index (χ0n) is 14.2. The first kappa shape index (κ1) is 17.8. The summed E-state index contributed by atoms with van der Waals surface area (Å²) in [4.78, 5) is 28.0. The summed E-state index contributed by atoms with van der Waals surface area (Å²) in [5.41, 5.74) is 1.43. The van der Waals surface area contributed by atoms with Crippen LogP contribution >= 0.6 is 11.8 Å². The molecule has 1 heterocycles. The normalized spacial score (nSPS) is 20.4. The maximum absolute atomic E-state index is 11.9. The van der Waals surface area contributed by atoms with Crippen LogP contribution in [0.5, 0.6) is 0 Å². The predicted molar refractivity (Wildman–Crippen MR) is 95.3 cm³/mol. The molecule has 25 heavy (non-hydrogen) atoms. The maximum Gasteiger partial charge on any atom is 0.316 e. The molecule has 1 aliphatic rings. The van der Waals surface area contributed by atoms with Crippen molar-refractivity contribution in [1.82, 2.24) is 10.3 Å². The number of rotatable bonds is 6. The van der Waals surface area contributed by atoms with Gasteiger partial charge in [-0.3, -0.25) is 9.59 Å². The highest BCUT2D eigenvalue weighted by Crippen LogP contribution is 2.24. The van der Waals surface area contributed by atoms with Gasteiger partial charge >= 0.3 is 5.97 Å². The van der Waals surface area contributed by atoms with Crippen LogP contribution in [0.1, 0.15) is 32.6 Å². The molecule has 1 aromatic carbocycles. The lowest BCUT2D eigenvalue weighted by Gasteiger charge is -2.29. The summed E-state index contributed by atoms with van der Waals surface area (Å²) >= 11 is 1.16. The van der Waals surface area contributed by atoms with Gasteiger partial charge in [0, 0.05) is 6.04 Å². The number of nitrogens with one attached hydrogen (secondary N) is 1. The Morgan fingerprint density at radius 2 is 2.12 bits per heavy atom. The number of carbonyl (C=O) groups excluding carboxylic acids is 2. The molecule has 1 aliphatic carbocycles. The van der Waals surface area contributed by atoms with Crippen molar-refractivity contribution in [1.29, 1.82) is 0 Å². The Balaban J connectivity index is 1.39. The number of carbonyl (C=O) groups is 2. The number of para-hydroxylation sites is 2. The van der Waals surface area contributed by atoms with E-state index in [1.807, 2.05) is 24.3 Å². The van der Waals surface area contributed by atoms with Gasteiger partial charge in [0.2, 0.25) is 0 Å². The van der Waals surface area contributed by atoms with Crippen molar-refractivity contribution in [3.63, 3.8) is 0 Å². The Morgan fingerprint density at radius 3 is 2.92 bits per heavy atom. The Labute approximate surface area is 150 Å². The Hall–Kier alpha value is -2.02. The van der Waals surface area contributed by atoms with E-state index in [1.165, 1.54) is 6.42 Å². The van der Waals surface area contributed by atoms with Crippen LogP contribution < -0.4 is 5.32 Å². The van der Waals surface area contributed by atoms with E-state index in [1.54, 1.807) is 0 Å². The molecular weight excluding hydrogens is 340 g/mol. The zero-order valence-corrected chi connectivity index (χ0v) is 15.0. The van der Waals surface area contributed by atoms with E-state index in [0.717, 1.165) is 36.5 Å². The molecule has 1 aromatic heterocycles. The summed E-state index contributed by atoms with van der Waals surface area (Å²) in [5, 5.41) is 3.38. The third kappa shape index (κ3) is 4.98. The fourth-order valence-electron chi connectivity index (χ4n) is 3.00. The fraction of sp³-hybridized carbons (Fsp3) is 0.500.